The summed E-state index contributed by atoms with van der Waals surface area (Å²) in [5.41, 5.74) is 1.95. The lowest BCUT2D eigenvalue weighted by atomic mass is 10.1. The molecule has 1 aromatic heterocycles. The van der Waals surface area contributed by atoms with Crippen molar-refractivity contribution in [1.29, 1.82) is 0 Å². The van der Waals surface area contributed by atoms with Crippen molar-refractivity contribution in [3.8, 4) is 5.75 Å². The predicted molar refractivity (Wildman–Crippen MR) is 71.3 cm³/mol. The Kier molecular flexibility index (Phi) is 3.21. The van der Waals surface area contributed by atoms with E-state index in [2.05, 4.69) is 15.8 Å². The van der Waals surface area contributed by atoms with Crippen LogP contribution in [-0.4, -0.2) is 18.1 Å². The lowest BCUT2D eigenvalue weighted by molar-refractivity contribution is -0.139. The van der Waals surface area contributed by atoms with E-state index in [-0.39, 0.29) is 18.5 Å². The molecule has 1 aromatic carbocycles. The molecule has 2 aromatic rings. The molecular formula is C14H13NO3S. The molecule has 1 aliphatic rings. The summed E-state index contributed by atoms with van der Waals surface area (Å²) < 4.78 is 10.5. The summed E-state index contributed by atoms with van der Waals surface area (Å²) in [5, 5.41) is 2.80. The van der Waals surface area contributed by atoms with E-state index in [4.69, 9.17) is 4.74 Å². The van der Waals surface area contributed by atoms with E-state index < -0.39 is 0 Å². The summed E-state index contributed by atoms with van der Waals surface area (Å²) in [7, 11) is 1.38. The zero-order valence-corrected chi connectivity index (χ0v) is 11.3. The van der Waals surface area contributed by atoms with E-state index in [1.165, 1.54) is 24.0 Å². The Labute approximate surface area is 115 Å². The smallest absolute Gasteiger partial charge is 0.311 e. The Morgan fingerprint density at radius 1 is 1.53 bits per heavy atom. The van der Waals surface area contributed by atoms with Crippen LogP contribution in [0.2, 0.25) is 0 Å². The van der Waals surface area contributed by atoms with Crippen LogP contribution < -0.4 is 4.74 Å². The Morgan fingerprint density at radius 3 is 3.16 bits per heavy atom. The normalized spacial score (nSPS) is 16.8. The van der Waals surface area contributed by atoms with Crippen LogP contribution in [0.1, 0.15) is 22.4 Å². The highest BCUT2D eigenvalue weighted by Crippen LogP contribution is 2.37. The third-order valence-corrected chi connectivity index (χ3v) is 4.03. The largest absolute Gasteiger partial charge is 0.483 e. The van der Waals surface area contributed by atoms with Crippen LogP contribution in [-0.2, 0) is 22.4 Å². The Bertz CT molecular complexity index is 583. The van der Waals surface area contributed by atoms with E-state index in [1.54, 1.807) is 0 Å². The van der Waals surface area contributed by atoms with Crippen LogP contribution in [0.25, 0.3) is 0 Å². The molecule has 0 radical (unpaired) electrons. The molecule has 0 spiro atoms. The number of ether oxygens (including phenoxy) is 2. The van der Waals surface area contributed by atoms with Gasteiger partial charge in [-0.3, -0.25) is 4.79 Å². The fourth-order valence-corrected chi connectivity index (χ4v) is 2.94. The van der Waals surface area contributed by atoms with Crippen molar-refractivity contribution in [2.24, 2.45) is 0 Å². The topological polar surface area (TPSA) is 48.4 Å². The molecule has 19 heavy (non-hydrogen) atoms. The summed E-state index contributed by atoms with van der Waals surface area (Å²) in [6.07, 6.45) is 1.02. The number of carbonyl (C=O) groups is 1. The van der Waals surface area contributed by atoms with Crippen LogP contribution in [0.4, 0.5) is 0 Å². The number of hydrogen-bond acceptors (Lipinski definition) is 5. The average molecular weight is 275 g/mol. The molecule has 0 bridgehead atoms. The molecule has 1 unspecified atom stereocenters. The van der Waals surface area contributed by atoms with Gasteiger partial charge in [-0.15, -0.1) is 11.3 Å². The van der Waals surface area contributed by atoms with E-state index in [1.807, 2.05) is 23.6 Å². The fraction of sp³-hybridized carbons (Fsp3) is 0.286. The van der Waals surface area contributed by atoms with Gasteiger partial charge in [-0.1, -0.05) is 18.2 Å². The van der Waals surface area contributed by atoms with Gasteiger partial charge in [0.2, 0.25) is 0 Å². The second-order valence-electron chi connectivity index (χ2n) is 4.35. The highest BCUT2D eigenvalue weighted by Gasteiger charge is 2.26. The predicted octanol–water partition coefficient (Wildman–Crippen LogP) is 2.53. The van der Waals surface area contributed by atoms with Crippen molar-refractivity contribution >= 4 is 17.3 Å². The van der Waals surface area contributed by atoms with Crippen molar-refractivity contribution in [3.05, 3.63) is 45.9 Å². The number of esters is 1. The van der Waals surface area contributed by atoms with Crippen LogP contribution in [0.3, 0.4) is 0 Å². The van der Waals surface area contributed by atoms with Gasteiger partial charge in [0, 0.05) is 11.8 Å². The van der Waals surface area contributed by atoms with E-state index in [0.29, 0.717) is 0 Å². The molecule has 2 heterocycles. The average Bonchev–Trinajstić information content (AvgIpc) is 3.04. The minimum atomic E-state index is -0.271. The Balaban J connectivity index is 1.73. The molecule has 0 aliphatic carbocycles. The third-order valence-electron chi connectivity index (χ3n) is 3.05. The molecule has 0 saturated carbocycles. The maximum absolute atomic E-state index is 11.2. The quantitative estimate of drug-likeness (QED) is 0.808. The van der Waals surface area contributed by atoms with Crippen molar-refractivity contribution in [3.63, 3.8) is 0 Å². The van der Waals surface area contributed by atoms with Gasteiger partial charge in [0.05, 0.1) is 19.2 Å². The molecular weight excluding hydrogens is 262 g/mol. The zero-order valence-electron chi connectivity index (χ0n) is 10.5. The number of aromatic nitrogens is 1. The number of nitrogens with zero attached hydrogens (tertiary/aromatic N) is 1. The van der Waals surface area contributed by atoms with Gasteiger partial charge < -0.3 is 9.47 Å². The minimum absolute atomic E-state index is 0.0335. The molecule has 4 nitrogen and oxygen atoms in total. The number of rotatable bonds is 3. The molecule has 0 N–H and O–H groups in total. The van der Waals surface area contributed by atoms with E-state index >= 15 is 0 Å². The minimum Gasteiger partial charge on any atom is -0.483 e. The van der Waals surface area contributed by atoms with Gasteiger partial charge in [-0.05, 0) is 11.6 Å². The maximum Gasteiger partial charge on any atom is 0.311 e. The fourth-order valence-electron chi connectivity index (χ4n) is 2.09. The van der Waals surface area contributed by atoms with Gasteiger partial charge >= 0.3 is 5.97 Å². The van der Waals surface area contributed by atoms with Crippen LogP contribution in [0.15, 0.2) is 29.6 Å². The third kappa shape index (κ3) is 2.46. The number of thiazole rings is 1. The van der Waals surface area contributed by atoms with Gasteiger partial charge in [0.25, 0.3) is 0 Å². The van der Waals surface area contributed by atoms with Crippen molar-refractivity contribution in [2.75, 3.05) is 7.11 Å². The molecule has 3 rings (SSSR count). The monoisotopic (exact) mass is 275 g/mol. The standard InChI is InChI=1S/C14H13NO3S/c1-17-13(16)7-10-8-19-14(15-10)12-6-9-4-2-3-5-11(9)18-12/h2-5,8,12H,6-7H2,1H3. The first-order valence-electron chi connectivity index (χ1n) is 6.02. The summed E-state index contributed by atoms with van der Waals surface area (Å²) in [5.74, 6) is 0.657. The number of methoxy groups -OCH3 is 1. The van der Waals surface area contributed by atoms with Crippen molar-refractivity contribution in [2.45, 2.75) is 18.9 Å². The number of benzene rings is 1. The number of para-hydroxylation sites is 1. The number of carbonyl (C=O) groups excluding carboxylic acids is 1. The summed E-state index contributed by atoms with van der Waals surface area (Å²) in [4.78, 5) is 15.7. The van der Waals surface area contributed by atoms with Crippen LogP contribution >= 0.6 is 11.3 Å². The van der Waals surface area contributed by atoms with Crippen molar-refractivity contribution in [1.82, 2.24) is 4.98 Å². The first-order valence-corrected chi connectivity index (χ1v) is 6.90. The number of hydrogen-bond donors (Lipinski definition) is 0. The molecule has 1 atom stereocenters. The Hall–Kier alpha value is -1.88. The van der Waals surface area contributed by atoms with E-state index in [0.717, 1.165) is 22.9 Å². The van der Waals surface area contributed by atoms with Crippen LogP contribution in [0.5, 0.6) is 5.75 Å². The molecule has 98 valence electrons. The van der Waals surface area contributed by atoms with Crippen LogP contribution in [0, 0.1) is 0 Å². The summed E-state index contributed by atoms with van der Waals surface area (Å²) in [6, 6.07) is 8.01. The summed E-state index contributed by atoms with van der Waals surface area (Å²) in [6.45, 7) is 0. The molecule has 0 saturated heterocycles. The Morgan fingerprint density at radius 2 is 2.37 bits per heavy atom. The molecule has 5 heteroatoms. The lowest BCUT2D eigenvalue weighted by Gasteiger charge is -2.06. The first-order chi connectivity index (χ1) is 9.26. The lowest BCUT2D eigenvalue weighted by Crippen LogP contribution is -2.06. The van der Waals surface area contributed by atoms with Gasteiger partial charge in [-0.25, -0.2) is 4.98 Å². The first kappa shape index (κ1) is 12.2. The maximum atomic E-state index is 11.2. The zero-order chi connectivity index (χ0) is 13.2. The van der Waals surface area contributed by atoms with Crippen molar-refractivity contribution < 1.29 is 14.3 Å². The highest BCUT2D eigenvalue weighted by molar-refractivity contribution is 7.09. The van der Waals surface area contributed by atoms with Gasteiger partial charge in [0.1, 0.15) is 10.8 Å². The van der Waals surface area contributed by atoms with Gasteiger partial charge in [-0.2, -0.15) is 0 Å². The molecule has 0 amide bonds. The van der Waals surface area contributed by atoms with Gasteiger partial charge in [0.15, 0.2) is 6.10 Å². The second kappa shape index (κ2) is 5.01. The summed E-state index contributed by atoms with van der Waals surface area (Å²) >= 11 is 1.53. The second-order valence-corrected chi connectivity index (χ2v) is 5.24. The SMILES string of the molecule is COC(=O)Cc1csc(C2Cc3ccccc3O2)n1. The van der Waals surface area contributed by atoms with E-state index in [9.17, 15) is 4.79 Å². The number of fused-ring (bicyclic) bond motifs is 1. The molecule has 1 aliphatic heterocycles. The highest BCUT2D eigenvalue weighted by atomic mass is 32.1. The molecule has 0 fully saturated rings.